The maximum absolute atomic E-state index is 13.3. The quantitative estimate of drug-likeness (QED) is 0.918. The Labute approximate surface area is 117 Å². The van der Waals surface area contributed by atoms with Crippen LogP contribution in [-0.4, -0.2) is 17.0 Å². The Balaban J connectivity index is 1.97. The summed E-state index contributed by atoms with van der Waals surface area (Å²) < 4.78 is 13.3. The van der Waals surface area contributed by atoms with Crippen molar-refractivity contribution in [2.45, 2.75) is 44.6 Å². The van der Waals surface area contributed by atoms with E-state index in [4.69, 9.17) is 11.6 Å². The fourth-order valence-electron chi connectivity index (χ4n) is 2.67. The molecule has 0 spiro atoms. The van der Waals surface area contributed by atoms with Crippen molar-refractivity contribution in [3.63, 3.8) is 0 Å². The third kappa shape index (κ3) is 3.77. The smallest absolute Gasteiger partial charge is 0.165 e. The van der Waals surface area contributed by atoms with Crippen molar-refractivity contribution in [1.29, 1.82) is 0 Å². The number of halogens is 2. The Morgan fingerprint density at radius 3 is 2.68 bits per heavy atom. The van der Waals surface area contributed by atoms with Gasteiger partial charge in [-0.1, -0.05) is 36.9 Å². The minimum atomic E-state index is -0.918. The molecule has 1 N–H and O–H groups in total. The van der Waals surface area contributed by atoms with Gasteiger partial charge in [-0.2, -0.15) is 0 Å². The largest absolute Gasteiger partial charge is 0.385 e. The van der Waals surface area contributed by atoms with Crippen molar-refractivity contribution in [2.75, 3.05) is 0 Å². The van der Waals surface area contributed by atoms with Crippen molar-refractivity contribution < 1.29 is 14.3 Å². The fourth-order valence-corrected chi connectivity index (χ4v) is 2.79. The van der Waals surface area contributed by atoms with Crippen LogP contribution in [0.3, 0.4) is 0 Å². The summed E-state index contributed by atoms with van der Waals surface area (Å²) in [6.45, 7) is 0. The van der Waals surface area contributed by atoms with Gasteiger partial charge in [0.05, 0.1) is 5.02 Å². The summed E-state index contributed by atoms with van der Waals surface area (Å²) in [5.41, 5.74) is 0.557. The normalized spacial score (nSPS) is 18.3. The molecule has 1 atom stereocenters. The molecule has 0 amide bonds. The fraction of sp³-hybridized carbons (Fsp3) is 0.533. The molecular formula is C15H18ClFO2. The molecule has 1 aromatic rings. The van der Waals surface area contributed by atoms with Gasteiger partial charge in [0.2, 0.25) is 0 Å². The van der Waals surface area contributed by atoms with E-state index in [9.17, 15) is 14.3 Å². The topological polar surface area (TPSA) is 37.3 Å². The number of ketones is 1. The first-order valence-electron chi connectivity index (χ1n) is 6.72. The van der Waals surface area contributed by atoms with Crippen LogP contribution in [0.2, 0.25) is 5.02 Å². The van der Waals surface area contributed by atoms with Crippen LogP contribution >= 0.6 is 11.6 Å². The molecule has 0 radical (unpaired) electrons. The van der Waals surface area contributed by atoms with Gasteiger partial charge < -0.3 is 5.11 Å². The Morgan fingerprint density at radius 2 is 2.05 bits per heavy atom. The summed E-state index contributed by atoms with van der Waals surface area (Å²) in [6.07, 6.45) is 4.28. The molecule has 19 heavy (non-hydrogen) atoms. The van der Waals surface area contributed by atoms with Gasteiger partial charge in [-0.3, -0.25) is 4.79 Å². The lowest BCUT2D eigenvalue weighted by molar-refractivity contribution is -0.129. The van der Waals surface area contributed by atoms with Crippen LogP contribution in [-0.2, 0) is 11.2 Å². The molecule has 1 saturated carbocycles. The highest BCUT2D eigenvalue weighted by Gasteiger charge is 2.27. The van der Waals surface area contributed by atoms with Gasteiger partial charge in [-0.25, -0.2) is 4.39 Å². The molecule has 1 aliphatic carbocycles. The second-order valence-corrected chi connectivity index (χ2v) is 5.64. The van der Waals surface area contributed by atoms with Gasteiger partial charge in [0.25, 0.3) is 0 Å². The first kappa shape index (κ1) is 14.5. The molecule has 1 aromatic carbocycles. The number of aliphatic hydroxyl groups is 1. The SMILES string of the molecule is O=C(Cc1ccc(Cl)c(F)c1)C(O)C1CCCCC1. The minimum absolute atomic E-state index is 0.0454. The summed E-state index contributed by atoms with van der Waals surface area (Å²) in [6, 6.07) is 4.32. The van der Waals surface area contributed by atoms with Gasteiger partial charge in [0.15, 0.2) is 5.78 Å². The molecule has 2 nitrogen and oxygen atoms in total. The second kappa shape index (κ2) is 6.49. The third-order valence-corrected chi connectivity index (χ3v) is 4.10. The van der Waals surface area contributed by atoms with Crippen molar-refractivity contribution in [3.8, 4) is 0 Å². The Morgan fingerprint density at radius 1 is 1.37 bits per heavy atom. The van der Waals surface area contributed by atoms with E-state index in [2.05, 4.69) is 0 Å². The van der Waals surface area contributed by atoms with Crippen LogP contribution in [0.15, 0.2) is 18.2 Å². The molecule has 0 aliphatic heterocycles. The molecule has 2 rings (SSSR count). The predicted molar refractivity (Wildman–Crippen MR) is 72.7 cm³/mol. The summed E-state index contributed by atoms with van der Waals surface area (Å²) in [5, 5.41) is 10.1. The molecule has 1 fully saturated rings. The van der Waals surface area contributed by atoms with E-state index >= 15 is 0 Å². The number of carbonyl (C=O) groups is 1. The molecule has 4 heteroatoms. The van der Waals surface area contributed by atoms with Crippen molar-refractivity contribution >= 4 is 17.4 Å². The summed E-state index contributed by atoms with van der Waals surface area (Å²) in [4.78, 5) is 12.0. The van der Waals surface area contributed by atoms with Crippen LogP contribution in [0.25, 0.3) is 0 Å². The van der Waals surface area contributed by atoms with Crippen molar-refractivity contribution in [3.05, 3.63) is 34.6 Å². The highest BCUT2D eigenvalue weighted by molar-refractivity contribution is 6.30. The zero-order valence-electron chi connectivity index (χ0n) is 10.7. The van der Waals surface area contributed by atoms with E-state index in [1.807, 2.05) is 0 Å². The van der Waals surface area contributed by atoms with Gasteiger partial charge in [-0.05, 0) is 36.5 Å². The number of rotatable bonds is 4. The molecule has 0 aromatic heterocycles. The van der Waals surface area contributed by atoms with Crippen LogP contribution in [0, 0.1) is 11.7 Å². The third-order valence-electron chi connectivity index (χ3n) is 3.79. The monoisotopic (exact) mass is 284 g/mol. The lowest BCUT2D eigenvalue weighted by Gasteiger charge is -2.25. The van der Waals surface area contributed by atoms with E-state index in [0.717, 1.165) is 25.7 Å². The van der Waals surface area contributed by atoms with Gasteiger partial charge >= 0.3 is 0 Å². The van der Waals surface area contributed by atoms with E-state index in [0.29, 0.717) is 5.56 Å². The standard InChI is InChI=1S/C15H18ClFO2/c16-12-7-6-10(8-13(12)17)9-14(18)15(19)11-4-2-1-3-5-11/h6-8,11,15,19H,1-5,9H2. The highest BCUT2D eigenvalue weighted by Crippen LogP contribution is 2.27. The molecule has 104 valence electrons. The second-order valence-electron chi connectivity index (χ2n) is 5.23. The molecule has 1 aliphatic rings. The lowest BCUT2D eigenvalue weighted by atomic mass is 9.83. The predicted octanol–water partition coefficient (Wildman–Crippen LogP) is 3.53. The van der Waals surface area contributed by atoms with Crippen molar-refractivity contribution in [1.82, 2.24) is 0 Å². The number of benzene rings is 1. The molecule has 0 saturated heterocycles. The van der Waals surface area contributed by atoms with Crippen molar-refractivity contribution in [2.24, 2.45) is 5.92 Å². The Kier molecular flexibility index (Phi) is 4.94. The highest BCUT2D eigenvalue weighted by atomic mass is 35.5. The molecule has 0 bridgehead atoms. The van der Waals surface area contributed by atoms with E-state index < -0.39 is 11.9 Å². The molecule has 1 unspecified atom stereocenters. The maximum Gasteiger partial charge on any atom is 0.165 e. The number of carbonyl (C=O) groups excluding carboxylic acids is 1. The van der Waals surface area contributed by atoms with Gasteiger partial charge in [0.1, 0.15) is 11.9 Å². The average molecular weight is 285 g/mol. The first-order chi connectivity index (χ1) is 9.08. The van der Waals surface area contributed by atoms with Gasteiger partial charge in [0, 0.05) is 6.42 Å². The number of aliphatic hydroxyl groups excluding tert-OH is 1. The van der Waals surface area contributed by atoms with E-state index in [-0.39, 0.29) is 23.1 Å². The molecule has 0 heterocycles. The zero-order chi connectivity index (χ0) is 13.8. The summed E-state index contributed by atoms with van der Waals surface area (Å²) in [7, 11) is 0. The van der Waals surface area contributed by atoms with Gasteiger partial charge in [-0.15, -0.1) is 0 Å². The average Bonchev–Trinajstić information content (AvgIpc) is 2.43. The van der Waals surface area contributed by atoms with E-state index in [1.54, 1.807) is 6.07 Å². The number of Topliss-reactive ketones (excluding diaryl/α,β-unsaturated/α-hetero) is 1. The Hall–Kier alpha value is -0.930. The number of hydrogen-bond donors (Lipinski definition) is 1. The molecular weight excluding hydrogens is 267 g/mol. The van der Waals surface area contributed by atoms with E-state index in [1.165, 1.54) is 18.6 Å². The van der Waals surface area contributed by atoms with Crippen LogP contribution < -0.4 is 0 Å². The summed E-state index contributed by atoms with van der Waals surface area (Å²) >= 11 is 5.59. The zero-order valence-corrected chi connectivity index (χ0v) is 11.5. The minimum Gasteiger partial charge on any atom is -0.385 e. The van der Waals surface area contributed by atoms with Crippen LogP contribution in [0.4, 0.5) is 4.39 Å². The number of hydrogen-bond acceptors (Lipinski definition) is 2. The van der Waals surface area contributed by atoms with Crippen LogP contribution in [0.1, 0.15) is 37.7 Å². The van der Waals surface area contributed by atoms with Crippen LogP contribution in [0.5, 0.6) is 0 Å². The lowest BCUT2D eigenvalue weighted by Crippen LogP contribution is -2.32. The first-order valence-corrected chi connectivity index (χ1v) is 7.10. The summed E-state index contributed by atoms with van der Waals surface area (Å²) in [5.74, 6) is -0.689. The maximum atomic E-state index is 13.3. The Bertz CT molecular complexity index is 455.